The maximum absolute atomic E-state index is 11.9. The Hall–Kier alpha value is -2.98. The van der Waals surface area contributed by atoms with Gasteiger partial charge in [-0.3, -0.25) is 19.2 Å². The van der Waals surface area contributed by atoms with Crippen molar-refractivity contribution < 1.29 is 42.9 Å². The molecule has 0 unspecified atom stereocenters. The van der Waals surface area contributed by atoms with Crippen LogP contribution in [0.2, 0.25) is 0 Å². The standard InChI is InChI=1S/C22H29NO9/c1-13(24)23-19-21(31-16(4)27)20(30-15(3)26)18(12-29-14(2)25)32-22(19)28-11-10-17-8-6-5-7-9-17/h5-9,18-22H,10-12H2,1-4H3,(H,23,24)/t18-,19-,20-,21-,22-/m0/s1. The number of benzene rings is 1. The summed E-state index contributed by atoms with van der Waals surface area (Å²) in [5.41, 5.74) is 1.03. The fraction of sp³-hybridized carbons (Fsp3) is 0.545. The summed E-state index contributed by atoms with van der Waals surface area (Å²) in [4.78, 5) is 46.7. The van der Waals surface area contributed by atoms with Crippen LogP contribution in [0, 0.1) is 0 Å². The molecule has 1 N–H and O–H groups in total. The second kappa shape index (κ2) is 12.2. The van der Waals surface area contributed by atoms with Crippen LogP contribution >= 0.6 is 0 Å². The molecule has 1 fully saturated rings. The van der Waals surface area contributed by atoms with Crippen molar-refractivity contribution >= 4 is 23.8 Å². The number of carbonyl (C=O) groups excluding carboxylic acids is 4. The Morgan fingerprint density at radius 1 is 0.906 bits per heavy atom. The number of ether oxygens (including phenoxy) is 5. The molecule has 32 heavy (non-hydrogen) atoms. The smallest absolute Gasteiger partial charge is 0.303 e. The summed E-state index contributed by atoms with van der Waals surface area (Å²) in [5.74, 6) is -2.30. The van der Waals surface area contributed by atoms with E-state index in [1.54, 1.807) is 0 Å². The van der Waals surface area contributed by atoms with Crippen molar-refractivity contribution in [3.63, 3.8) is 0 Å². The molecule has 1 aromatic carbocycles. The van der Waals surface area contributed by atoms with Crippen molar-refractivity contribution in [2.24, 2.45) is 0 Å². The molecule has 1 amide bonds. The zero-order valence-electron chi connectivity index (χ0n) is 18.6. The van der Waals surface area contributed by atoms with Gasteiger partial charge >= 0.3 is 17.9 Å². The Bertz CT molecular complexity index is 798. The van der Waals surface area contributed by atoms with E-state index in [0.717, 1.165) is 5.56 Å². The van der Waals surface area contributed by atoms with E-state index in [2.05, 4.69) is 5.32 Å². The number of carbonyl (C=O) groups is 4. The van der Waals surface area contributed by atoms with E-state index in [9.17, 15) is 19.2 Å². The SMILES string of the molecule is CC(=O)N[C@@H]1[C@@H](OCCc2ccccc2)O[C@@H](COC(C)=O)[C@H](OC(C)=O)[C@H]1OC(C)=O. The zero-order chi connectivity index (χ0) is 23.7. The number of hydrogen-bond donors (Lipinski definition) is 1. The second-order valence-corrected chi connectivity index (χ2v) is 7.33. The van der Waals surface area contributed by atoms with Gasteiger partial charge in [-0.1, -0.05) is 30.3 Å². The van der Waals surface area contributed by atoms with Crippen molar-refractivity contribution in [3.8, 4) is 0 Å². The highest BCUT2D eigenvalue weighted by Crippen LogP contribution is 2.28. The van der Waals surface area contributed by atoms with Crippen molar-refractivity contribution in [2.75, 3.05) is 13.2 Å². The van der Waals surface area contributed by atoms with Gasteiger partial charge in [0, 0.05) is 27.7 Å². The van der Waals surface area contributed by atoms with Gasteiger partial charge in [-0.2, -0.15) is 0 Å². The average molecular weight is 451 g/mol. The lowest BCUT2D eigenvalue weighted by atomic mass is 9.96. The summed E-state index contributed by atoms with van der Waals surface area (Å²) in [7, 11) is 0. The van der Waals surface area contributed by atoms with Crippen LogP contribution in [0.1, 0.15) is 33.3 Å². The molecule has 0 radical (unpaired) electrons. The number of amides is 1. The Balaban J connectivity index is 2.28. The first kappa shape index (κ1) is 25.3. The summed E-state index contributed by atoms with van der Waals surface area (Å²) in [6.45, 7) is 4.85. The third kappa shape index (κ3) is 7.93. The molecule has 0 bridgehead atoms. The minimum absolute atomic E-state index is 0.232. The topological polar surface area (TPSA) is 126 Å². The Labute approximate surface area is 186 Å². The van der Waals surface area contributed by atoms with E-state index in [0.29, 0.717) is 6.42 Å². The lowest BCUT2D eigenvalue weighted by Gasteiger charge is -2.44. The van der Waals surface area contributed by atoms with E-state index in [1.807, 2.05) is 30.3 Å². The minimum atomic E-state index is -1.14. The number of hydrogen-bond acceptors (Lipinski definition) is 9. The fourth-order valence-electron chi connectivity index (χ4n) is 3.37. The molecule has 1 aromatic rings. The first-order valence-corrected chi connectivity index (χ1v) is 10.2. The molecule has 0 aromatic heterocycles. The zero-order valence-corrected chi connectivity index (χ0v) is 18.6. The molecule has 5 atom stereocenters. The molecule has 0 spiro atoms. The number of nitrogens with one attached hydrogen (secondary N) is 1. The summed E-state index contributed by atoms with van der Waals surface area (Å²) >= 11 is 0. The van der Waals surface area contributed by atoms with Gasteiger partial charge in [0.2, 0.25) is 5.91 Å². The van der Waals surface area contributed by atoms with Crippen LogP contribution in [0.5, 0.6) is 0 Å². The maximum atomic E-state index is 11.9. The molecule has 1 saturated heterocycles. The van der Waals surface area contributed by atoms with Gasteiger partial charge in [0.1, 0.15) is 18.8 Å². The van der Waals surface area contributed by atoms with Crippen LogP contribution in [-0.2, 0) is 49.3 Å². The Morgan fingerprint density at radius 2 is 1.53 bits per heavy atom. The number of esters is 3. The van der Waals surface area contributed by atoms with Crippen molar-refractivity contribution in [3.05, 3.63) is 35.9 Å². The van der Waals surface area contributed by atoms with Gasteiger partial charge in [0.25, 0.3) is 0 Å². The molecule has 1 aliphatic heterocycles. The number of rotatable bonds is 9. The fourth-order valence-corrected chi connectivity index (χ4v) is 3.37. The lowest BCUT2D eigenvalue weighted by molar-refractivity contribution is -0.277. The summed E-state index contributed by atoms with van der Waals surface area (Å²) in [6.07, 6.45) is -3.75. The lowest BCUT2D eigenvalue weighted by Crippen LogP contribution is -2.66. The predicted octanol–water partition coefficient (Wildman–Crippen LogP) is 0.902. The predicted molar refractivity (Wildman–Crippen MR) is 110 cm³/mol. The van der Waals surface area contributed by atoms with Crippen LogP contribution in [0.3, 0.4) is 0 Å². The molecule has 0 saturated carbocycles. The van der Waals surface area contributed by atoms with E-state index in [-0.39, 0.29) is 13.2 Å². The normalized spacial score (nSPS) is 24.8. The minimum Gasteiger partial charge on any atom is -0.463 e. The maximum Gasteiger partial charge on any atom is 0.303 e. The first-order valence-electron chi connectivity index (χ1n) is 10.2. The monoisotopic (exact) mass is 451 g/mol. The molecule has 0 aliphatic carbocycles. The van der Waals surface area contributed by atoms with Crippen molar-refractivity contribution in [2.45, 2.75) is 64.8 Å². The highest BCUT2D eigenvalue weighted by molar-refractivity contribution is 5.73. The highest BCUT2D eigenvalue weighted by atomic mass is 16.7. The molecule has 2 rings (SSSR count). The molecule has 1 heterocycles. The molecule has 176 valence electrons. The second-order valence-electron chi connectivity index (χ2n) is 7.33. The van der Waals surface area contributed by atoms with Gasteiger partial charge in [0.15, 0.2) is 18.5 Å². The van der Waals surface area contributed by atoms with E-state index >= 15 is 0 Å². The quantitative estimate of drug-likeness (QED) is 0.430. The van der Waals surface area contributed by atoms with Gasteiger partial charge in [-0.25, -0.2) is 0 Å². The van der Waals surface area contributed by atoms with Crippen LogP contribution in [0.4, 0.5) is 0 Å². The summed E-state index contributed by atoms with van der Waals surface area (Å²) < 4.78 is 27.6. The molecule has 10 heteroatoms. The van der Waals surface area contributed by atoms with Gasteiger partial charge < -0.3 is 29.0 Å². The van der Waals surface area contributed by atoms with E-state index in [4.69, 9.17) is 23.7 Å². The average Bonchev–Trinajstić information content (AvgIpc) is 2.70. The van der Waals surface area contributed by atoms with Crippen LogP contribution in [-0.4, -0.2) is 67.7 Å². The molecular weight excluding hydrogens is 422 g/mol. The third-order valence-corrected chi connectivity index (χ3v) is 4.59. The molecule has 10 nitrogen and oxygen atoms in total. The van der Waals surface area contributed by atoms with Crippen molar-refractivity contribution in [1.82, 2.24) is 5.32 Å². The van der Waals surface area contributed by atoms with Gasteiger partial charge in [0.05, 0.1) is 6.61 Å². The van der Waals surface area contributed by atoms with Gasteiger partial charge in [-0.05, 0) is 12.0 Å². The van der Waals surface area contributed by atoms with Crippen LogP contribution in [0.25, 0.3) is 0 Å². The van der Waals surface area contributed by atoms with E-state index in [1.165, 1.54) is 27.7 Å². The van der Waals surface area contributed by atoms with Crippen LogP contribution in [0.15, 0.2) is 30.3 Å². The van der Waals surface area contributed by atoms with E-state index < -0.39 is 54.5 Å². The van der Waals surface area contributed by atoms with Gasteiger partial charge in [-0.15, -0.1) is 0 Å². The third-order valence-electron chi connectivity index (χ3n) is 4.59. The summed E-state index contributed by atoms with van der Waals surface area (Å²) in [5, 5.41) is 2.66. The first-order chi connectivity index (χ1) is 15.2. The molecule has 1 aliphatic rings. The Morgan fingerprint density at radius 3 is 2.09 bits per heavy atom. The Kier molecular flexibility index (Phi) is 9.61. The highest BCUT2D eigenvalue weighted by Gasteiger charge is 2.51. The molecular formula is C22H29NO9. The van der Waals surface area contributed by atoms with Crippen molar-refractivity contribution in [1.29, 1.82) is 0 Å². The largest absolute Gasteiger partial charge is 0.463 e. The summed E-state index contributed by atoms with van der Waals surface area (Å²) in [6, 6.07) is 8.63. The van der Waals surface area contributed by atoms with Crippen LogP contribution < -0.4 is 5.32 Å².